The maximum atomic E-state index is 9.04. The quantitative estimate of drug-likeness (QED) is 0.555. The molecule has 2 heterocycles. The number of aryl methyl sites for hydroxylation is 1. The number of aliphatic hydroxyl groups excluding tert-OH is 1. The molecule has 0 radical (unpaired) electrons. The Hall–Kier alpha value is -2.25. The number of nitrogens with zero attached hydrogens (tertiary/aromatic N) is 3. The summed E-state index contributed by atoms with van der Waals surface area (Å²) in [4.78, 5) is 0. The third kappa shape index (κ3) is 2.86. The molecule has 2 aromatic heterocycles. The molecule has 114 valence electrons. The van der Waals surface area contributed by atoms with E-state index in [4.69, 9.17) is 15.4 Å². The van der Waals surface area contributed by atoms with Crippen LogP contribution >= 0.6 is 11.8 Å². The Balaban J connectivity index is 1.73. The largest absolute Gasteiger partial charge is 0.469 e. The fourth-order valence-corrected chi connectivity index (χ4v) is 2.88. The van der Waals surface area contributed by atoms with Crippen LogP contribution in [0.3, 0.4) is 0 Å². The summed E-state index contributed by atoms with van der Waals surface area (Å²) >= 11 is 1.51. The zero-order valence-corrected chi connectivity index (χ0v) is 12.9. The van der Waals surface area contributed by atoms with Crippen molar-refractivity contribution >= 4 is 11.8 Å². The Morgan fingerprint density at radius 2 is 1.91 bits per heavy atom. The molecule has 3 aromatic rings. The molecule has 0 aliphatic carbocycles. The summed E-state index contributed by atoms with van der Waals surface area (Å²) in [5.41, 5.74) is 2.87. The van der Waals surface area contributed by atoms with Crippen molar-refractivity contribution in [1.29, 1.82) is 0 Å². The van der Waals surface area contributed by atoms with Crippen LogP contribution in [0.1, 0.15) is 16.9 Å². The van der Waals surface area contributed by atoms with Gasteiger partial charge in [0.15, 0.2) is 5.82 Å². The predicted molar refractivity (Wildman–Crippen MR) is 84.5 cm³/mol. The molecule has 3 N–H and O–H groups in total. The van der Waals surface area contributed by atoms with Crippen LogP contribution in [-0.4, -0.2) is 20.0 Å². The van der Waals surface area contributed by atoms with Crippen LogP contribution in [0.2, 0.25) is 0 Å². The van der Waals surface area contributed by atoms with Gasteiger partial charge in [0.25, 0.3) is 0 Å². The first kappa shape index (κ1) is 14.7. The first-order valence-corrected chi connectivity index (χ1v) is 7.74. The molecule has 3 rings (SSSR count). The molecule has 0 saturated heterocycles. The molecular formula is C15H16N4O2S. The third-order valence-electron chi connectivity index (χ3n) is 3.34. The second kappa shape index (κ2) is 6.25. The Kier molecular flexibility index (Phi) is 4.17. The van der Waals surface area contributed by atoms with Crippen LogP contribution in [-0.2, 0) is 12.4 Å². The van der Waals surface area contributed by atoms with E-state index >= 15 is 0 Å². The second-order valence-electron chi connectivity index (χ2n) is 4.83. The summed E-state index contributed by atoms with van der Waals surface area (Å²) in [5.74, 6) is 8.14. The van der Waals surface area contributed by atoms with Gasteiger partial charge in [-0.2, -0.15) is 0 Å². The summed E-state index contributed by atoms with van der Waals surface area (Å²) in [5, 5.41) is 17.9. The Labute approximate surface area is 131 Å². The van der Waals surface area contributed by atoms with Gasteiger partial charge in [-0.15, -0.1) is 10.2 Å². The minimum atomic E-state index is 0.0535. The normalized spacial score (nSPS) is 11.0. The van der Waals surface area contributed by atoms with E-state index in [2.05, 4.69) is 10.2 Å². The summed E-state index contributed by atoms with van der Waals surface area (Å²) in [7, 11) is 0. The Morgan fingerprint density at radius 1 is 1.18 bits per heavy atom. The van der Waals surface area contributed by atoms with E-state index in [-0.39, 0.29) is 6.61 Å². The lowest BCUT2D eigenvalue weighted by Gasteiger charge is -2.04. The van der Waals surface area contributed by atoms with Crippen LogP contribution in [0.25, 0.3) is 11.4 Å². The number of rotatable bonds is 5. The van der Waals surface area contributed by atoms with Crippen LogP contribution < -0.4 is 5.84 Å². The molecule has 0 atom stereocenters. The van der Waals surface area contributed by atoms with E-state index in [9.17, 15) is 0 Å². The zero-order chi connectivity index (χ0) is 15.5. The first-order chi connectivity index (χ1) is 10.7. The van der Waals surface area contributed by atoms with Gasteiger partial charge in [0.2, 0.25) is 5.16 Å². The molecule has 0 spiro atoms. The fraction of sp³-hybridized carbons (Fsp3) is 0.200. The average Bonchev–Trinajstić information content (AvgIpc) is 3.11. The number of thioether (sulfide) groups is 1. The van der Waals surface area contributed by atoms with Gasteiger partial charge in [-0.05, 0) is 24.1 Å². The molecule has 0 fully saturated rings. The number of nitrogen functional groups attached to an aromatic ring is 1. The van der Waals surface area contributed by atoms with Crippen molar-refractivity contribution in [2.45, 2.75) is 24.4 Å². The highest BCUT2D eigenvalue weighted by molar-refractivity contribution is 7.98. The zero-order valence-electron chi connectivity index (χ0n) is 12.1. The van der Waals surface area contributed by atoms with E-state index in [0.29, 0.717) is 11.0 Å². The predicted octanol–water partition coefficient (Wildman–Crippen LogP) is 2.34. The van der Waals surface area contributed by atoms with E-state index in [1.165, 1.54) is 16.4 Å². The third-order valence-corrected chi connectivity index (χ3v) is 4.35. The van der Waals surface area contributed by atoms with Crippen molar-refractivity contribution in [3.8, 4) is 11.4 Å². The highest BCUT2D eigenvalue weighted by atomic mass is 32.2. The molecule has 1 aromatic carbocycles. The molecule has 6 nitrogen and oxygen atoms in total. The van der Waals surface area contributed by atoms with E-state index in [1.54, 1.807) is 6.26 Å². The van der Waals surface area contributed by atoms with Crippen molar-refractivity contribution in [3.63, 3.8) is 0 Å². The number of hydrogen-bond acceptors (Lipinski definition) is 6. The van der Waals surface area contributed by atoms with Gasteiger partial charge in [0, 0.05) is 5.75 Å². The lowest BCUT2D eigenvalue weighted by Crippen LogP contribution is -2.11. The molecule has 22 heavy (non-hydrogen) atoms. The minimum Gasteiger partial charge on any atom is -0.469 e. The van der Waals surface area contributed by atoms with Gasteiger partial charge in [0.05, 0.1) is 18.4 Å². The smallest absolute Gasteiger partial charge is 0.210 e. The van der Waals surface area contributed by atoms with Crippen molar-refractivity contribution in [3.05, 3.63) is 53.5 Å². The second-order valence-corrected chi connectivity index (χ2v) is 5.77. The maximum absolute atomic E-state index is 9.04. The van der Waals surface area contributed by atoms with Crippen LogP contribution in [0, 0.1) is 6.92 Å². The van der Waals surface area contributed by atoms with Gasteiger partial charge in [0.1, 0.15) is 5.76 Å². The van der Waals surface area contributed by atoms with Gasteiger partial charge in [-0.25, -0.2) is 4.68 Å². The van der Waals surface area contributed by atoms with Gasteiger partial charge in [-0.3, -0.25) is 0 Å². The van der Waals surface area contributed by atoms with Crippen molar-refractivity contribution in [2.75, 3.05) is 5.84 Å². The molecule has 0 bridgehead atoms. The van der Waals surface area contributed by atoms with Crippen molar-refractivity contribution in [2.24, 2.45) is 0 Å². The molecule has 0 aliphatic rings. The summed E-state index contributed by atoms with van der Waals surface area (Å²) in [6, 6.07) is 9.60. The molecule has 0 aliphatic heterocycles. The highest BCUT2D eigenvalue weighted by Gasteiger charge is 2.15. The fourth-order valence-electron chi connectivity index (χ4n) is 2.06. The summed E-state index contributed by atoms with van der Waals surface area (Å²) in [6.45, 7) is 1.91. The standard InChI is InChI=1S/C15H16N4O2S/c1-10-13(6-7-21-10)14-17-18-15(19(14)16)22-9-12-4-2-11(8-20)3-5-12/h2-7,20H,8-9,16H2,1H3. The lowest BCUT2D eigenvalue weighted by atomic mass is 10.2. The average molecular weight is 316 g/mol. The van der Waals surface area contributed by atoms with E-state index < -0.39 is 0 Å². The molecular weight excluding hydrogens is 300 g/mol. The molecule has 7 heteroatoms. The van der Waals surface area contributed by atoms with Crippen molar-refractivity contribution < 1.29 is 9.52 Å². The number of benzene rings is 1. The van der Waals surface area contributed by atoms with Crippen LogP contribution in [0.4, 0.5) is 0 Å². The Morgan fingerprint density at radius 3 is 2.55 bits per heavy atom. The first-order valence-electron chi connectivity index (χ1n) is 6.75. The van der Waals surface area contributed by atoms with Crippen LogP contribution in [0.5, 0.6) is 0 Å². The molecule has 0 saturated carbocycles. The summed E-state index contributed by atoms with van der Waals surface area (Å²) < 4.78 is 6.75. The monoisotopic (exact) mass is 316 g/mol. The maximum Gasteiger partial charge on any atom is 0.210 e. The molecule has 0 unspecified atom stereocenters. The number of nitrogens with two attached hydrogens (primary N) is 1. The topological polar surface area (TPSA) is 90.1 Å². The Bertz CT molecular complexity index is 764. The number of furan rings is 1. The minimum absolute atomic E-state index is 0.0535. The van der Waals surface area contributed by atoms with E-state index in [0.717, 1.165) is 28.2 Å². The van der Waals surface area contributed by atoms with Gasteiger partial charge >= 0.3 is 0 Å². The van der Waals surface area contributed by atoms with Crippen molar-refractivity contribution in [1.82, 2.24) is 14.9 Å². The highest BCUT2D eigenvalue weighted by Crippen LogP contribution is 2.26. The lowest BCUT2D eigenvalue weighted by molar-refractivity contribution is 0.282. The van der Waals surface area contributed by atoms with Gasteiger partial charge < -0.3 is 15.4 Å². The number of aromatic nitrogens is 3. The SMILES string of the molecule is Cc1occc1-c1nnc(SCc2ccc(CO)cc2)n1N. The molecule has 0 amide bonds. The van der Waals surface area contributed by atoms with E-state index in [1.807, 2.05) is 37.3 Å². The number of hydrogen-bond donors (Lipinski definition) is 2. The summed E-state index contributed by atoms with van der Waals surface area (Å²) in [6.07, 6.45) is 1.61. The number of aliphatic hydroxyl groups is 1. The van der Waals surface area contributed by atoms with Crippen LogP contribution in [0.15, 0.2) is 46.2 Å². The van der Waals surface area contributed by atoms with Gasteiger partial charge in [-0.1, -0.05) is 36.0 Å².